The molecule has 0 aliphatic heterocycles. The summed E-state index contributed by atoms with van der Waals surface area (Å²) in [7, 11) is 0. The predicted molar refractivity (Wildman–Crippen MR) is 112 cm³/mol. The first-order valence-corrected chi connectivity index (χ1v) is 9.78. The van der Waals surface area contributed by atoms with E-state index in [4.69, 9.17) is 4.74 Å². The number of nitrogens with one attached hydrogen (secondary N) is 2. The average molecular weight is 410 g/mol. The minimum absolute atomic E-state index is 0.0617. The van der Waals surface area contributed by atoms with Crippen molar-refractivity contribution in [1.29, 1.82) is 0 Å². The molecule has 2 aromatic carbocycles. The summed E-state index contributed by atoms with van der Waals surface area (Å²) in [4.78, 5) is 47.1. The second-order valence-electron chi connectivity index (χ2n) is 6.87. The maximum atomic E-state index is 12.1. The molecule has 0 heterocycles. The Bertz CT molecular complexity index is 906. The number of rotatable bonds is 10. The number of esters is 1. The molecular weight excluding hydrogens is 384 g/mol. The van der Waals surface area contributed by atoms with Crippen LogP contribution in [0.2, 0.25) is 0 Å². The third-order valence-corrected chi connectivity index (χ3v) is 4.27. The van der Waals surface area contributed by atoms with Gasteiger partial charge >= 0.3 is 5.97 Å². The highest BCUT2D eigenvalue weighted by Gasteiger charge is 2.10. The number of aryl methyl sites for hydroxylation is 1. The summed E-state index contributed by atoms with van der Waals surface area (Å²) in [5.74, 6) is -0.699. The van der Waals surface area contributed by atoms with Crippen molar-refractivity contribution in [3.63, 3.8) is 0 Å². The molecule has 0 atom stereocenters. The van der Waals surface area contributed by atoms with Crippen LogP contribution in [-0.4, -0.2) is 36.7 Å². The molecular formula is C23H26N2O5. The van der Waals surface area contributed by atoms with E-state index in [1.54, 1.807) is 30.3 Å². The van der Waals surface area contributed by atoms with Gasteiger partial charge in [0.25, 0.3) is 5.91 Å². The van der Waals surface area contributed by atoms with Crippen molar-refractivity contribution in [3.8, 4) is 5.75 Å². The van der Waals surface area contributed by atoms with E-state index >= 15 is 0 Å². The normalized spacial score (nSPS) is 10.2. The lowest BCUT2D eigenvalue weighted by atomic mass is 10.1. The number of carbonyl (C=O) groups is 4. The van der Waals surface area contributed by atoms with Crippen molar-refractivity contribution in [2.75, 3.05) is 13.1 Å². The van der Waals surface area contributed by atoms with Crippen molar-refractivity contribution < 1.29 is 23.9 Å². The molecule has 0 aliphatic carbocycles. The van der Waals surface area contributed by atoms with Gasteiger partial charge in [-0.05, 0) is 31.5 Å². The number of benzene rings is 2. The molecule has 0 aliphatic rings. The van der Waals surface area contributed by atoms with Gasteiger partial charge in [0.05, 0.1) is 0 Å². The van der Waals surface area contributed by atoms with Gasteiger partial charge in [0, 0.05) is 44.0 Å². The van der Waals surface area contributed by atoms with Gasteiger partial charge in [-0.3, -0.25) is 19.2 Å². The fourth-order valence-electron chi connectivity index (χ4n) is 2.69. The zero-order valence-corrected chi connectivity index (χ0v) is 17.2. The number of hydrogen-bond acceptors (Lipinski definition) is 5. The summed E-state index contributed by atoms with van der Waals surface area (Å²) in [6.45, 7) is 4.01. The van der Waals surface area contributed by atoms with Crippen LogP contribution in [0, 0.1) is 6.92 Å². The highest BCUT2D eigenvalue weighted by atomic mass is 16.5. The third-order valence-electron chi connectivity index (χ3n) is 4.27. The van der Waals surface area contributed by atoms with Gasteiger partial charge in [0.1, 0.15) is 5.75 Å². The molecule has 0 unspecified atom stereocenters. The minimum Gasteiger partial charge on any atom is -0.427 e. The number of Topliss-reactive ketones (excluding diaryl/α,β-unsaturated/α-hetero) is 1. The molecule has 0 saturated heterocycles. The fraction of sp³-hybridized carbons (Fsp3) is 0.304. The van der Waals surface area contributed by atoms with Gasteiger partial charge < -0.3 is 15.4 Å². The summed E-state index contributed by atoms with van der Waals surface area (Å²) < 4.78 is 4.96. The Morgan fingerprint density at radius 1 is 0.867 bits per heavy atom. The van der Waals surface area contributed by atoms with Crippen LogP contribution in [0.15, 0.2) is 48.5 Å². The monoisotopic (exact) mass is 410 g/mol. The van der Waals surface area contributed by atoms with Crippen molar-refractivity contribution in [1.82, 2.24) is 10.6 Å². The van der Waals surface area contributed by atoms with E-state index in [2.05, 4.69) is 10.6 Å². The molecule has 158 valence electrons. The van der Waals surface area contributed by atoms with Gasteiger partial charge in [0.2, 0.25) is 5.91 Å². The number of carbonyl (C=O) groups excluding carboxylic acids is 4. The highest BCUT2D eigenvalue weighted by molar-refractivity contribution is 5.98. The lowest BCUT2D eigenvalue weighted by molar-refractivity contribution is -0.131. The Morgan fingerprint density at radius 2 is 1.57 bits per heavy atom. The first kappa shape index (κ1) is 22.8. The van der Waals surface area contributed by atoms with E-state index in [0.717, 1.165) is 5.56 Å². The Hall–Kier alpha value is -3.48. The smallest absolute Gasteiger partial charge is 0.308 e. The summed E-state index contributed by atoms with van der Waals surface area (Å²) in [6, 6.07) is 13.6. The van der Waals surface area contributed by atoms with Crippen LogP contribution in [0.4, 0.5) is 0 Å². The Labute approximate surface area is 175 Å². The van der Waals surface area contributed by atoms with Gasteiger partial charge in [-0.25, -0.2) is 0 Å². The second-order valence-corrected chi connectivity index (χ2v) is 6.87. The Balaban J connectivity index is 1.63. The average Bonchev–Trinajstić information content (AvgIpc) is 2.71. The molecule has 7 heteroatoms. The first-order valence-electron chi connectivity index (χ1n) is 9.78. The van der Waals surface area contributed by atoms with Crippen LogP contribution >= 0.6 is 0 Å². The van der Waals surface area contributed by atoms with Crippen LogP contribution in [0.3, 0.4) is 0 Å². The van der Waals surface area contributed by atoms with Crippen LogP contribution < -0.4 is 15.4 Å². The zero-order valence-electron chi connectivity index (χ0n) is 17.2. The highest BCUT2D eigenvalue weighted by Crippen LogP contribution is 2.13. The molecule has 2 aromatic rings. The number of amides is 2. The molecule has 0 radical (unpaired) electrons. The fourth-order valence-corrected chi connectivity index (χ4v) is 2.69. The zero-order chi connectivity index (χ0) is 21.9. The van der Waals surface area contributed by atoms with Crippen molar-refractivity contribution >= 4 is 23.6 Å². The standard InChI is InChI=1S/C23H26N2O5/c1-16-7-9-18(10-8-16)21(27)11-12-22(28)24-13-4-14-25-23(29)19-5-3-6-20(15-19)30-17(2)26/h3,5-10,15H,4,11-14H2,1-2H3,(H,24,28)(H,25,29). The second kappa shape index (κ2) is 11.5. The lowest BCUT2D eigenvalue weighted by Gasteiger charge is -2.08. The first-order chi connectivity index (χ1) is 14.3. The Morgan fingerprint density at radius 3 is 2.27 bits per heavy atom. The van der Waals surface area contributed by atoms with E-state index in [9.17, 15) is 19.2 Å². The van der Waals surface area contributed by atoms with Crippen LogP contribution in [0.25, 0.3) is 0 Å². The van der Waals surface area contributed by atoms with Gasteiger partial charge in [0.15, 0.2) is 5.78 Å². The van der Waals surface area contributed by atoms with Crippen molar-refractivity contribution in [2.24, 2.45) is 0 Å². The molecule has 0 fully saturated rings. The van der Waals surface area contributed by atoms with E-state index < -0.39 is 5.97 Å². The molecule has 0 spiro atoms. The third kappa shape index (κ3) is 7.87. The van der Waals surface area contributed by atoms with Crippen molar-refractivity contribution in [2.45, 2.75) is 33.1 Å². The SMILES string of the molecule is CC(=O)Oc1cccc(C(=O)NCCCNC(=O)CCC(=O)c2ccc(C)cc2)c1. The van der Waals surface area contributed by atoms with E-state index in [1.165, 1.54) is 13.0 Å². The molecule has 0 bridgehead atoms. The topological polar surface area (TPSA) is 102 Å². The predicted octanol–water partition coefficient (Wildman–Crippen LogP) is 2.82. The van der Waals surface area contributed by atoms with Gasteiger partial charge in [-0.1, -0.05) is 35.9 Å². The molecule has 7 nitrogen and oxygen atoms in total. The molecule has 0 aromatic heterocycles. The van der Waals surface area contributed by atoms with E-state index in [-0.39, 0.29) is 30.4 Å². The lowest BCUT2D eigenvalue weighted by Crippen LogP contribution is -2.30. The largest absolute Gasteiger partial charge is 0.427 e. The number of ketones is 1. The molecule has 2 amide bonds. The summed E-state index contributed by atoms with van der Waals surface area (Å²) in [5.41, 5.74) is 2.06. The molecule has 2 N–H and O–H groups in total. The Kier molecular flexibility index (Phi) is 8.75. The van der Waals surface area contributed by atoms with E-state index in [0.29, 0.717) is 36.4 Å². The summed E-state index contributed by atoms with van der Waals surface area (Å²) in [5, 5.41) is 5.49. The van der Waals surface area contributed by atoms with Gasteiger partial charge in [-0.2, -0.15) is 0 Å². The number of hydrogen-bond donors (Lipinski definition) is 2. The molecule has 0 saturated carbocycles. The molecule has 30 heavy (non-hydrogen) atoms. The van der Waals surface area contributed by atoms with Gasteiger partial charge in [-0.15, -0.1) is 0 Å². The van der Waals surface area contributed by atoms with Crippen LogP contribution in [0.1, 0.15) is 52.5 Å². The maximum absolute atomic E-state index is 12.1. The van der Waals surface area contributed by atoms with Crippen LogP contribution in [0.5, 0.6) is 5.75 Å². The summed E-state index contributed by atoms with van der Waals surface area (Å²) in [6.07, 6.45) is 0.833. The van der Waals surface area contributed by atoms with Crippen LogP contribution in [-0.2, 0) is 9.59 Å². The minimum atomic E-state index is -0.455. The molecule has 2 rings (SSSR count). The van der Waals surface area contributed by atoms with E-state index in [1.807, 2.05) is 19.1 Å². The maximum Gasteiger partial charge on any atom is 0.308 e. The summed E-state index contributed by atoms with van der Waals surface area (Å²) >= 11 is 0. The number of ether oxygens (including phenoxy) is 1. The quantitative estimate of drug-likeness (QED) is 0.271. The van der Waals surface area contributed by atoms with Crippen molar-refractivity contribution in [3.05, 3.63) is 65.2 Å².